The Morgan fingerprint density at radius 2 is 2.54 bits per heavy atom. The number of hydrogen-bond donors (Lipinski definition) is 0. The lowest BCUT2D eigenvalue weighted by atomic mass is 10.4. The van der Waals surface area contributed by atoms with Gasteiger partial charge in [0, 0.05) is 6.07 Å². The van der Waals surface area contributed by atoms with Gasteiger partial charge < -0.3 is 12.3 Å². The minimum absolute atomic E-state index is 0.172. The fourth-order valence-electron chi connectivity index (χ4n) is 0.736. The van der Waals surface area contributed by atoms with Crippen molar-refractivity contribution in [2.45, 2.75) is 13.5 Å². The Labute approximate surface area is 89.1 Å². The first-order chi connectivity index (χ1) is 6.27. The van der Waals surface area contributed by atoms with Gasteiger partial charge in [-0.2, -0.15) is 0 Å². The smallest absolute Gasteiger partial charge is 0.360 e. The number of aromatic nitrogens is 1. The van der Waals surface area contributed by atoms with Gasteiger partial charge in [-0.1, -0.05) is 5.16 Å². The van der Waals surface area contributed by atoms with Crippen molar-refractivity contribution in [3.63, 3.8) is 0 Å². The number of halogens is 1. The van der Waals surface area contributed by atoms with Crippen LogP contribution in [-0.2, 0) is 14.4 Å². The lowest BCUT2D eigenvalue weighted by Gasteiger charge is -1.94. The maximum Gasteiger partial charge on any atom is 0.360 e. The normalized spacial score (nSPS) is 10.0. The first kappa shape index (κ1) is 10.5. The van der Waals surface area contributed by atoms with E-state index in [-0.39, 0.29) is 12.3 Å². The number of carbonyl (C=O) groups excluding carboxylic acids is 1. The van der Waals surface area contributed by atoms with Gasteiger partial charge in [-0.25, -0.2) is 4.79 Å². The highest BCUT2D eigenvalue weighted by atomic mass is 127. The molecule has 6 heteroatoms. The fourth-order valence-corrected chi connectivity index (χ4v) is 1.04. The van der Waals surface area contributed by atoms with Crippen molar-refractivity contribution in [2.75, 3.05) is 6.61 Å². The van der Waals surface area contributed by atoms with E-state index >= 15 is 0 Å². The molecule has 0 aliphatic rings. The van der Waals surface area contributed by atoms with Gasteiger partial charge in [0.25, 0.3) is 0 Å². The SMILES string of the molecule is CCOC(=O)c1cc(COI)on1. The largest absolute Gasteiger partial charge is 0.461 e. The van der Waals surface area contributed by atoms with Gasteiger partial charge in [-0.05, 0) is 6.92 Å². The molecular formula is C7H8INO4. The van der Waals surface area contributed by atoms with Crippen molar-refractivity contribution in [3.8, 4) is 0 Å². The Bertz CT molecular complexity index is 286. The molecule has 1 rings (SSSR count). The molecule has 72 valence electrons. The number of hydrogen-bond acceptors (Lipinski definition) is 5. The first-order valence-electron chi connectivity index (χ1n) is 3.64. The standard InChI is InChI=1S/C7H8INO4/c1-2-11-7(10)6-3-5(4-12-8)13-9-6/h3H,2,4H2,1H3. The van der Waals surface area contributed by atoms with E-state index in [9.17, 15) is 4.79 Å². The van der Waals surface area contributed by atoms with Gasteiger partial charge >= 0.3 is 5.97 Å². The van der Waals surface area contributed by atoms with Gasteiger partial charge in [0.15, 0.2) is 11.5 Å². The van der Waals surface area contributed by atoms with Crippen LogP contribution in [-0.4, -0.2) is 17.7 Å². The van der Waals surface area contributed by atoms with E-state index in [1.54, 1.807) is 29.9 Å². The Balaban J connectivity index is 2.62. The molecule has 0 aliphatic heterocycles. The van der Waals surface area contributed by atoms with Crippen LogP contribution in [0, 0.1) is 0 Å². The molecule has 0 spiro atoms. The minimum atomic E-state index is -0.481. The summed E-state index contributed by atoms with van der Waals surface area (Å²) in [6.45, 7) is 2.34. The van der Waals surface area contributed by atoms with Crippen LogP contribution in [0.1, 0.15) is 23.2 Å². The molecule has 0 aliphatic carbocycles. The maximum absolute atomic E-state index is 11.1. The van der Waals surface area contributed by atoms with Crippen molar-refractivity contribution in [1.82, 2.24) is 5.16 Å². The summed E-state index contributed by atoms with van der Waals surface area (Å²) in [5.74, 6) is 0.0170. The summed E-state index contributed by atoms with van der Waals surface area (Å²) in [5.41, 5.74) is 0.172. The highest BCUT2D eigenvalue weighted by Gasteiger charge is 2.12. The summed E-state index contributed by atoms with van der Waals surface area (Å²) in [5, 5.41) is 3.52. The van der Waals surface area contributed by atoms with Gasteiger partial charge in [-0.15, -0.1) is 0 Å². The first-order valence-corrected chi connectivity index (χ1v) is 4.52. The van der Waals surface area contributed by atoms with E-state index < -0.39 is 5.97 Å². The predicted octanol–water partition coefficient (Wildman–Crippen LogP) is 1.72. The van der Waals surface area contributed by atoms with Crippen LogP contribution in [0.3, 0.4) is 0 Å². The number of rotatable bonds is 4. The zero-order valence-corrected chi connectivity index (χ0v) is 9.11. The van der Waals surface area contributed by atoms with E-state index in [4.69, 9.17) is 12.3 Å². The quantitative estimate of drug-likeness (QED) is 0.625. The molecule has 0 aromatic carbocycles. The molecule has 0 N–H and O–H groups in total. The third kappa shape index (κ3) is 2.96. The van der Waals surface area contributed by atoms with E-state index in [1.165, 1.54) is 6.07 Å². The third-order valence-electron chi connectivity index (χ3n) is 1.24. The number of ether oxygens (including phenoxy) is 1. The molecule has 0 fully saturated rings. The fraction of sp³-hybridized carbons (Fsp3) is 0.429. The van der Waals surface area contributed by atoms with Gasteiger partial charge in [0.05, 0.1) is 6.61 Å². The molecule has 1 aromatic heterocycles. The monoisotopic (exact) mass is 297 g/mol. The van der Waals surface area contributed by atoms with Crippen LogP contribution in [0.5, 0.6) is 0 Å². The molecule has 0 unspecified atom stereocenters. The summed E-state index contributed by atoms with van der Waals surface area (Å²) >= 11 is 1.73. The zero-order chi connectivity index (χ0) is 9.68. The number of esters is 1. The Hall–Kier alpha value is -0.630. The highest BCUT2D eigenvalue weighted by Crippen LogP contribution is 2.07. The average Bonchev–Trinajstić information content (AvgIpc) is 2.54. The highest BCUT2D eigenvalue weighted by molar-refractivity contribution is 14.1. The lowest BCUT2D eigenvalue weighted by molar-refractivity contribution is 0.0514. The van der Waals surface area contributed by atoms with Gasteiger partial charge in [0.1, 0.15) is 29.6 Å². The summed E-state index contributed by atoms with van der Waals surface area (Å²) in [6.07, 6.45) is 0. The molecule has 0 saturated carbocycles. The van der Waals surface area contributed by atoms with Gasteiger partial charge in [-0.3, -0.25) is 0 Å². The Kier molecular flexibility index (Phi) is 4.16. The summed E-state index contributed by atoms with van der Waals surface area (Å²) in [4.78, 5) is 11.1. The second-order valence-electron chi connectivity index (χ2n) is 2.15. The molecule has 5 nitrogen and oxygen atoms in total. The van der Waals surface area contributed by atoms with Crippen LogP contribution in [0.4, 0.5) is 0 Å². The third-order valence-corrected chi connectivity index (χ3v) is 1.55. The second kappa shape index (κ2) is 5.18. The molecule has 13 heavy (non-hydrogen) atoms. The zero-order valence-electron chi connectivity index (χ0n) is 6.95. The van der Waals surface area contributed by atoms with Crippen LogP contribution in [0.25, 0.3) is 0 Å². The molecule has 0 amide bonds. The van der Waals surface area contributed by atoms with Crippen LogP contribution < -0.4 is 0 Å². The van der Waals surface area contributed by atoms with E-state index in [0.29, 0.717) is 12.4 Å². The topological polar surface area (TPSA) is 61.6 Å². The van der Waals surface area contributed by atoms with E-state index in [1.807, 2.05) is 0 Å². The summed E-state index contributed by atoms with van der Waals surface area (Å²) < 4.78 is 14.3. The van der Waals surface area contributed by atoms with Gasteiger partial charge in [0.2, 0.25) is 0 Å². The predicted molar refractivity (Wildman–Crippen MR) is 51.3 cm³/mol. The van der Waals surface area contributed by atoms with E-state index in [0.717, 1.165) is 0 Å². The average molecular weight is 297 g/mol. The molecule has 0 saturated heterocycles. The molecule has 0 radical (unpaired) electrons. The number of carbonyl (C=O) groups is 1. The van der Waals surface area contributed by atoms with Crippen LogP contribution in [0.15, 0.2) is 10.6 Å². The van der Waals surface area contributed by atoms with Crippen molar-refractivity contribution in [2.24, 2.45) is 0 Å². The van der Waals surface area contributed by atoms with Crippen molar-refractivity contribution in [3.05, 3.63) is 17.5 Å². The van der Waals surface area contributed by atoms with Crippen molar-refractivity contribution >= 4 is 29.0 Å². The second-order valence-corrected chi connectivity index (χ2v) is 2.78. The molecule has 0 bridgehead atoms. The lowest BCUT2D eigenvalue weighted by Crippen LogP contribution is -2.04. The number of nitrogens with zero attached hydrogens (tertiary/aromatic N) is 1. The van der Waals surface area contributed by atoms with E-state index in [2.05, 4.69) is 5.16 Å². The Morgan fingerprint density at radius 3 is 3.15 bits per heavy atom. The maximum atomic E-state index is 11.1. The summed E-state index contributed by atoms with van der Waals surface area (Å²) in [6, 6.07) is 1.50. The van der Waals surface area contributed by atoms with Crippen LogP contribution in [0.2, 0.25) is 0 Å². The Morgan fingerprint density at radius 1 is 1.77 bits per heavy atom. The summed E-state index contributed by atoms with van der Waals surface area (Å²) in [7, 11) is 0. The minimum Gasteiger partial charge on any atom is -0.461 e. The van der Waals surface area contributed by atoms with Crippen molar-refractivity contribution < 1.29 is 17.1 Å². The molecular weight excluding hydrogens is 289 g/mol. The molecule has 1 heterocycles. The molecule has 1 aromatic rings. The van der Waals surface area contributed by atoms with Crippen LogP contribution >= 0.6 is 23.0 Å². The molecule has 0 atom stereocenters. The van der Waals surface area contributed by atoms with Crippen molar-refractivity contribution in [1.29, 1.82) is 0 Å².